The second kappa shape index (κ2) is 6.16. The topological polar surface area (TPSA) is 43.1 Å². The maximum atomic E-state index is 11.9. The summed E-state index contributed by atoms with van der Waals surface area (Å²) in [4.78, 5) is 0. The van der Waals surface area contributed by atoms with E-state index in [2.05, 4.69) is 26.0 Å². The van der Waals surface area contributed by atoms with Crippen LogP contribution in [-0.4, -0.2) is 9.46 Å². The lowest BCUT2D eigenvalue weighted by Crippen LogP contribution is -2.12. The van der Waals surface area contributed by atoms with Gasteiger partial charge in [0.25, 0.3) is 0 Å². The van der Waals surface area contributed by atoms with Gasteiger partial charge in [-0.2, -0.15) is 0 Å². The fourth-order valence-electron chi connectivity index (χ4n) is 1.53. The van der Waals surface area contributed by atoms with Gasteiger partial charge < -0.3 is 5.73 Å². The van der Waals surface area contributed by atoms with Gasteiger partial charge in [0.2, 0.25) is 0 Å². The Hall–Kier alpha value is -0.670. The van der Waals surface area contributed by atoms with Crippen molar-refractivity contribution in [2.75, 3.05) is 0 Å². The summed E-state index contributed by atoms with van der Waals surface area (Å²) in [5, 5.41) is 0.272. The first-order valence-electron chi connectivity index (χ1n) is 5.74. The molecule has 2 atom stereocenters. The maximum Gasteiger partial charge on any atom is 0.0490 e. The van der Waals surface area contributed by atoms with Gasteiger partial charge in [-0.05, 0) is 30.0 Å². The molecule has 0 aliphatic carbocycles. The summed E-state index contributed by atoms with van der Waals surface area (Å²) >= 11 is 0. The molecule has 0 aliphatic rings. The molecule has 16 heavy (non-hydrogen) atoms. The smallest absolute Gasteiger partial charge is 0.0490 e. The Morgan fingerprint density at radius 1 is 1.44 bits per heavy atom. The Morgan fingerprint density at radius 2 is 2.12 bits per heavy atom. The molecule has 0 saturated carbocycles. The molecule has 0 heterocycles. The number of hydrogen-bond acceptors (Lipinski definition) is 2. The third-order valence-corrected chi connectivity index (χ3v) is 4.79. The number of hydrogen-bond donors (Lipinski definition) is 1. The molecule has 0 aromatic heterocycles. The molecule has 0 saturated heterocycles. The minimum absolute atomic E-state index is 0.272. The van der Waals surface area contributed by atoms with Crippen LogP contribution in [0.3, 0.4) is 0 Å². The van der Waals surface area contributed by atoms with Crippen molar-refractivity contribution < 1.29 is 4.21 Å². The van der Waals surface area contributed by atoms with Crippen molar-refractivity contribution in [3.05, 3.63) is 34.9 Å². The van der Waals surface area contributed by atoms with E-state index in [1.54, 1.807) is 0 Å². The zero-order valence-corrected chi connectivity index (χ0v) is 11.1. The summed E-state index contributed by atoms with van der Waals surface area (Å²) in [5.74, 6) is 0.658. The Labute approximate surface area is 101 Å². The first-order valence-corrected chi connectivity index (χ1v) is 7.12. The van der Waals surface area contributed by atoms with Gasteiger partial charge in [0.15, 0.2) is 0 Å². The van der Waals surface area contributed by atoms with Crippen molar-refractivity contribution in [1.82, 2.24) is 0 Å². The molecule has 2 unspecified atom stereocenters. The van der Waals surface area contributed by atoms with Crippen LogP contribution in [0.4, 0.5) is 0 Å². The van der Waals surface area contributed by atoms with E-state index >= 15 is 0 Å². The third-order valence-electron chi connectivity index (χ3n) is 2.96. The SMILES string of the molecule is CCC(C)S(=O)Cc1ccc(CN)cc1C. The average molecular weight is 239 g/mol. The summed E-state index contributed by atoms with van der Waals surface area (Å²) < 4.78 is 11.9. The molecule has 0 spiro atoms. The molecule has 1 rings (SSSR count). The van der Waals surface area contributed by atoms with E-state index < -0.39 is 10.8 Å². The van der Waals surface area contributed by atoms with E-state index in [1.165, 1.54) is 11.1 Å². The molecule has 0 radical (unpaired) electrons. The summed E-state index contributed by atoms with van der Waals surface area (Å²) in [6.45, 7) is 6.74. The number of benzene rings is 1. The van der Waals surface area contributed by atoms with Crippen molar-refractivity contribution in [1.29, 1.82) is 0 Å². The van der Waals surface area contributed by atoms with Crippen molar-refractivity contribution in [2.24, 2.45) is 5.73 Å². The van der Waals surface area contributed by atoms with E-state index in [0.29, 0.717) is 12.3 Å². The summed E-state index contributed by atoms with van der Waals surface area (Å²) in [6.07, 6.45) is 0.965. The molecule has 1 aromatic carbocycles. The van der Waals surface area contributed by atoms with Crippen LogP contribution in [0.2, 0.25) is 0 Å². The van der Waals surface area contributed by atoms with Gasteiger partial charge in [0.05, 0.1) is 0 Å². The molecular formula is C13H21NOS. The van der Waals surface area contributed by atoms with Crippen molar-refractivity contribution in [2.45, 2.75) is 44.7 Å². The van der Waals surface area contributed by atoms with Gasteiger partial charge in [-0.15, -0.1) is 0 Å². The first-order chi connectivity index (χ1) is 7.58. The summed E-state index contributed by atoms with van der Waals surface area (Å²) in [7, 11) is -0.766. The molecule has 90 valence electrons. The van der Waals surface area contributed by atoms with Crippen LogP contribution in [0, 0.1) is 6.92 Å². The van der Waals surface area contributed by atoms with Crippen LogP contribution in [0.5, 0.6) is 0 Å². The van der Waals surface area contributed by atoms with Crippen molar-refractivity contribution >= 4 is 10.8 Å². The first kappa shape index (κ1) is 13.4. The van der Waals surface area contributed by atoms with Gasteiger partial charge in [-0.3, -0.25) is 4.21 Å². The standard InChI is InChI=1S/C13H21NOS/c1-4-11(3)16(15)9-13-6-5-12(8-14)7-10(13)2/h5-7,11H,4,8-9,14H2,1-3H3. The van der Waals surface area contributed by atoms with E-state index in [-0.39, 0.29) is 5.25 Å². The molecule has 0 amide bonds. The molecule has 0 aliphatic heterocycles. The summed E-state index contributed by atoms with van der Waals surface area (Å²) in [5.41, 5.74) is 9.09. The van der Waals surface area contributed by atoms with Gasteiger partial charge >= 0.3 is 0 Å². The monoisotopic (exact) mass is 239 g/mol. The fraction of sp³-hybridized carbons (Fsp3) is 0.538. The van der Waals surface area contributed by atoms with Gasteiger partial charge in [0, 0.05) is 28.3 Å². The van der Waals surface area contributed by atoms with Gasteiger partial charge in [-0.25, -0.2) is 0 Å². The number of rotatable bonds is 5. The van der Waals surface area contributed by atoms with Crippen LogP contribution in [-0.2, 0) is 23.1 Å². The van der Waals surface area contributed by atoms with Crippen LogP contribution >= 0.6 is 0 Å². The third kappa shape index (κ3) is 3.42. The van der Waals surface area contributed by atoms with Crippen molar-refractivity contribution in [3.8, 4) is 0 Å². The largest absolute Gasteiger partial charge is 0.326 e. The highest BCUT2D eigenvalue weighted by atomic mass is 32.2. The molecule has 3 heteroatoms. The molecule has 1 aromatic rings. The highest BCUT2D eigenvalue weighted by Crippen LogP contribution is 2.15. The lowest BCUT2D eigenvalue weighted by Gasteiger charge is -2.11. The van der Waals surface area contributed by atoms with Gasteiger partial charge in [-0.1, -0.05) is 32.0 Å². The fourth-order valence-corrected chi connectivity index (χ4v) is 2.82. The van der Waals surface area contributed by atoms with Gasteiger partial charge in [0.1, 0.15) is 0 Å². The van der Waals surface area contributed by atoms with Crippen LogP contribution in [0.25, 0.3) is 0 Å². The van der Waals surface area contributed by atoms with E-state index in [0.717, 1.165) is 12.0 Å². The Kier molecular flexibility index (Phi) is 5.16. The predicted molar refractivity (Wildman–Crippen MR) is 70.7 cm³/mol. The van der Waals surface area contributed by atoms with Crippen molar-refractivity contribution in [3.63, 3.8) is 0 Å². The minimum Gasteiger partial charge on any atom is -0.326 e. The minimum atomic E-state index is -0.766. The molecule has 2 nitrogen and oxygen atoms in total. The lowest BCUT2D eigenvalue weighted by molar-refractivity contribution is 0.669. The van der Waals surface area contributed by atoms with Crippen LogP contribution < -0.4 is 5.73 Å². The highest BCUT2D eigenvalue weighted by Gasteiger charge is 2.10. The average Bonchev–Trinajstić information content (AvgIpc) is 2.30. The van der Waals surface area contributed by atoms with E-state index in [1.807, 2.05) is 13.0 Å². The second-order valence-electron chi connectivity index (χ2n) is 4.21. The van der Waals surface area contributed by atoms with Crippen LogP contribution in [0.1, 0.15) is 37.0 Å². The maximum absolute atomic E-state index is 11.9. The highest BCUT2D eigenvalue weighted by molar-refractivity contribution is 7.84. The Bertz CT molecular complexity index is 376. The Morgan fingerprint density at radius 3 is 2.62 bits per heavy atom. The Balaban J connectivity index is 2.78. The molecule has 2 N–H and O–H groups in total. The summed E-state index contributed by atoms with van der Waals surface area (Å²) in [6, 6.07) is 6.16. The normalized spacial score (nSPS) is 14.8. The van der Waals surface area contributed by atoms with E-state index in [9.17, 15) is 4.21 Å². The quantitative estimate of drug-likeness (QED) is 0.858. The zero-order chi connectivity index (χ0) is 12.1. The molecule has 0 bridgehead atoms. The lowest BCUT2D eigenvalue weighted by atomic mass is 10.1. The van der Waals surface area contributed by atoms with Crippen LogP contribution in [0.15, 0.2) is 18.2 Å². The number of nitrogens with two attached hydrogens (primary N) is 1. The second-order valence-corrected chi connectivity index (χ2v) is 6.06. The number of aryl methyl sites for hydroxylation is 1. The molecule has 0 fully saturated rings. The molecular weight excluding hydrogens is 218 g/mol. The van der Waals surface area contributed by atoms with E-state index in [4.69, 9.17) is 5.73 Å². The zero-order valence-electron chi connectivity index (χ0n) is 10.3. The predicted octanol–water partition coefficient (Wildman–Crippen LogP) is 2.50.